The van der Waals surface area contributed by atoms with Gasteiger partial charge in [0, 0.05) is 32.0 Å². The fraction of sp³-hybridized carbons (Fsp3) is 0.158. The second-order valence-electron chi connectivity index (χ2n) is 5.50. The van der Waals surface area contributed by atoms with E-state index in [2.05, 4.69) is 44.0 Å². The number of hydrogen-bond donors (Lipinski definition) is 0. The standard InChI is InChI=1S/C19H17N2O.Ir/c1-13-9-14(2)18(15(3)10-13)21-11-17(12-22)20-19(21)16-7-5-4-6-8-16;/h4-7,9-12H,1-3H3;/q-1;. The maximum Gasteiger partial charge on any atom is 0.169 e. The zero-order chi connectivity index (χ0) is 15.7. The van der Waals surface area contributed by atoms with Crippen LogP contribution < -0.4 is 0 Å². The minimum Gasteiger partial charge on any atom is -0.339 e. The Morgan fingerprint density at radius 1 is 1.13 bits per heavy atom. The van der Waals surface area contributed by atoms with Crippen LogP contribution in [-0.4, -0.2) is 15.8 Å². The molecule has 0 amide bonds. The molecule has 4 heteroatoms. The van der Waals surface area contributed by atoms with Crippen molar-refractivity contribution >= 4 is 6.29 Å². The van der Waals surface area contributed by atoms with Gasteiger partial charge in [0.05, 0.1) is 5.82 Å². The van der Waals surface area contributed by atoms with Crippen LogP contribution in [0.15, 0.2) is 42.6 Å². The second kappa shape index (κ2) is 7.03. The van der Waals surface area contributed by atoms with Crippen molar-refractivity contribution in [1.29, 1.82) is 0 Å². The summed E-state index contributed by atoms with van der Waals surface area (Å²) in [5, 5.41) is 0. The summed E-state index contributed by atoms with van der Waals surface area (Å²) in [4.78, 5) is 15.6. The Morgan fingerprint density at radius 3 is 2.39 bits per heavy atom. The topological polar surface area (TPSA) is 34.9 Å². The molecule has 0 saturated carbocycles. The fourth-order valence-electron chi connectivity index (χ4n) is 2.90. The van der Waals surface area contributed by atoms with E-state index in [9.17, 15) is 4.79 Å². The number of carbonyl (C=O) groups is 1. The van der Waals surface area contributed by atoms with Gasteiger partial charge in [-0.25, -0.2) is 0 Å². The van der Waals surface area contributed by atoms with Gasteiger partial charge in [0.15, 0.2) is 6.29 Å². The van der Waals surface area contributed by atoms with Crippen molar-refractivity contribution in [2.45, 2.75) is 20.8 Å². The van der Waals surface area contributed by atoms with E-state index >= 15 is 0 Å². The van der Waals surface area contributed by atoms with Gasteiger partial charge < -0.3 is 4.57 Å². The van der Waals surface area contributed by atoms with Gasteiger partial charge in [-0.05, 0) is 31.9 Å². The first-order chi connectivity index (χ1) is 10.6. The van der Waals surface area contributed by atoms with Gasteiger partial charge in [-0.3, -0.25) is 9.78 Å². The molecule has 0 spiro atoms. The molecule has 3 nitrogen and oxygen atoms in total. The first kappa shape index (κ1) is 17.3. The van der Waals surface area contributed by atoms with Crippen LogP contribution in [0.5, 0.6) is 0 Å². The Hall–Kier alpha value is -2.03. The molecule has 0 unspecified atom stereocenters. The summed E-state index contributed by atoms with van der Waals surface area (Å²) in [6.45, 7) is 6.24. The molecule has 0 aliphatic rings. The number of benzene rings is 2. The van der Waals surface area contributed by atoms with Crippen LogP contribution in [0.1, 0.15) is 27.2 Å². The number of hydrogen-bond acceptors (Lipinski definition) is 2. The van der Waals surface area contributed by atoms with Crippen LogP contribution in [0.2, 0.25) is 0 Å². The van der Waals surface area contributed by atoms with Crippen LogP contribution in [0, 0.1) is 26.8 Å². The van der Waals surface area contributed by atoms with Crippen LogP contribution in [0.3, 0.4) is 0 Å². The van der Waals surface area contributed by atoms with Crippen LogP contribution in [0.25, 0.3) is 17.1 Å². The number of aromatic nitrogens is 2. The average molecular weight is 482 g/mol. The molecule has 2 aromatic carbocycles. The molecule has 0 bridgehead atoms. The average Bonchev–Trinajstić information content (AvgIpc) is 2.91. The van der Waals surface area contributed by atoms with Crippen LogP contribution in [0.4, 0.5) is 0 Å². The normalized spacial score (nSPS) is 10.2. The minimum absolute atomic E-state index is 0. The van der Waals surface area contributed by atoms with Crippen molar-refractivity contribution in [2.75, 3.05) is 0 Å². The van der Waals surface area contributed by atoms with Gasteiger partial charge in [-0.2, -0.15) is 0 Å². The molecule has 3 rings (SSSR count). The maximum atomic E-state index is 11.2. The molecule has 1 radical (unpaired) electrons. The number of aryl methyl sites for hydroxylation is 3. The SMILES string of the molecule is Cc1cc(C)c(-n2cc(C=O)nc2-c2[c-]cccc2)c(C)c1.[Ir]. The number of aldehydes is 1. The zero-order valence-corrected chi connectivity index (χ0v) is 15.6. The first-order valence-electron chi connectivity index (χ1n) is 7.20. The van der Waals surface area contributed by atoms with E-state index in [4.69, 9.17) is 0 Å². The molecule has 1 heterocycles. The molecule has 1 aromatic heterocycles. The number of rotatable bonds is 3. The molecule has 0 fully saturated rings. The molecule has 0 atom stereocenters. The van der Waals surface area contributed by atoms with Crippen molar-refractivity contribution < 1.29 is 24.9 Å². The third kappa shape index (κ3) is 3.34. The molecule has 3 aromatic rings. The van der Waals surface area contributed by atoms with E-state index in [0.717, 1.165) is 34.5 Å². The summed E-state index contributed by atoms with van der Waals surface area (Å²) in [5.74, 6) is 0.734. The first-order valence-corrected chi connectivity index (χ1v) is 7.20. The summed E-state index contributed by atoms with van der Waals surface area (Å²) in [5.41, 5.74) is 5.90. The van der Waals surface area contributed by atoms with Crippen LogP contribution in [-0.2, 0) is 20.1 Å². The Balaban J connectivity index is 0.00000192. The second-order valence-corrected chi connectivity index (χ2v) is 5.50. The smallest absolute Gasteiger partial charge is 0.169 e. The third-order valence-corrected chi connectivity index (χ3v) is 3.67. The number of nitrogens with zero attached hydrogens (tertiary/aromatic N) is 2. The van der Waals surface area contributed by atoms with Gasteiger partial charge in [-0.15, -0.1) is 35.9 Å². The molecule has 0 aliphatic heterocycles. The van der Waals surface area contributed by atoms with Crippen molar-refractivity contribution in [1.82, 2.24) is 9.55 Å². The van der Waals surface area contributed by atoms with E-state index in [1.807, 2.05) is 28.8 Å². The summed E-state index contributed by atoms with van der Waals surface area (Å²) in [6.07, 6.45) is 2.57. The molecule has 119 valence electrons. The summed E-state index contributed by atoms with van der Waals surface area (Å²) in [7, 11) is 0. The van der Waals surface area contributed by atoms with Gasteiger partial charge in [0.25, 0.3) is 0 Å². The van der Waals surface area contributed by atoms with E-state index in [-0.39, 0.29) is 20.1 Å². The van der Waals surface area contributed by atoms with Crippen LogP contribution >= 0.6 is 0 Å². The van der Waals surface area contributed by atoms with E-state index < -0.39 is 0 Å². The molecular weight excluding hydrogens is 464 g/mol. The van der Waals surface area contributed by atoms with Gasteiger partial charge in [-0.1, -0.05) is 17.7 Å². The van der Waals surface area contributed by atoms with Crippen molar-refractivity contribution in [3.8, 4) is 17.1 Å². The molecular formula is C19H17IrN2O-. The molecule has 0 aliphatic carbocycles. The monoisotopic (exact) mass is 482 g/mol. The van der Waals surface area contributed by atoms with E-state index in [1.165, 1.54) is 5.56 Å². The Labute approximate surface area is 149 Å². The number of carbonyl (C=O) groups excluding carboxylic acids is 1. The van der Waals surface area contributed by atoms with Crippen molar-refractivity contribution in [2.24, 2.45) is 0 Å². The maximum absolute atomic E-state index is 11.2. The Morgan fingerprint density at radius 2 is 1.83 bits per heavy atom. The van der Waals surface area contributed by atoms with Gasteiger partial charge in [0.2, 0.25) is 0 Å². The summed E-state index contributed by atoms with van der Waals surface area (Å²) in [6, 6.07) is 15.1. The Kier molecular flexibility index (Phi) is 5.30. The summed E-state index contributed by atoms with van der Waals surface area (Å²) >= 11 is 0. The quantitative estimate of drug-likeness (QED) is 0.418. The van der Waals surface area contributed by atoms with E-state index in [0.29, 0.717) is 5.69 Å². The van der Waals surface area contributed by atoms with Crippen molar-refractivity contribution in [3.05, 3.63) is 71.0 Å². The van der Waals surface area contributed by atoms with E-state index in [1.54, 1.807) is 6.20 Å². The number of imidazole rings is 1. The largest absolute Gasteiger partial charge is 0.339 e. The molecule has 23 heavy (non-hydrogen) atoms. The van der Waals surface area contributed by atoms with Gasteiger partial charge >= 0.3 is 0 Å². The minimum atomic E-state index is 0. The summed E-state index contributed by atoms with van der Waals surface area (Å²) < 4.78 is 1.99. The predicted octanol–water partition coefficient (Wildman–Crippen LogP) is 4.07. The zero-order valence-electron chi connectivity index (χ0n) is 13.3. The van der Waals surface area contributed by atoms with Crippen molar-refractivity contribution in [3.63, 3.8) is 0 Å². The predicted molar refractivity (Wildman–Crippen MR) is 87.4 cm³/mol. The third-order valence-electron chi connectivity index (χ3n) is 3.67. The molecule has 0 N–H and O–H groups in total. The fourth-order valence-corrected chi connectivity index (χ4v) is 2.90. The van der Waals surface area contributed by atoms with Gasteiger partial charge in [0.1, 0.15) is 5.69 Å². The Bertz CT molecular complexity index is 815. The molecule has 0 saturated heterocycles.